The highest BCUT2D eigenvalue weighted by atomic mass is 19.3. The lowest BCUT2D eigenvalue weighted by Gasteiger charge is -2.10. The summed E-state index contributed by atoms with van der Waals surface area (Å²) in [5.74, 6) is 0.140. The predicted molar refractivity (Wildman–Crippen MR) is 80.6 cm³/mol. The molecule has 0 saturated heterocycles. The van der Waals surface area contributed by atoms with Gasteiger partial charge in [-0.2, -0.15) is 18.4 Å². The maximum atomic E-state index is 12.1. The van der Waals surface area contributed by atoms with Crippen molar-refractivity contribution >= 4 is 11.3 Å². The van der Waals surface area contributed by atoms with Crippen LogP contribution in [0.1, 0.15) is 18.2 Å². The summed E-state index contributed by atoms with van der Waals surface area (Å²) in [6, 6.07) is 8.42. The van der Waals surface area contributed by atoms with E-state index in [1.54, 1.807) is 23.0 Å². The third-order valence-corrected chi connectivity index (χ3v) is 3.31. The van der Waals surface area contributed by atoms with Gasteiger partial charge in [0.15, 0.2) is 0 Å². The quantitative estimate of drug-likeness (QED) is 0.757. The number of rotatable bonds is 6. The van der Waals surface area contributed by atoms with Crippen LogP contribution in [0.25, 0.3) is 5.65 Å². The summed E-state index contributed by atoms with van der Waals surface area (Å²) in [6.45, 7) is -0.279. The van der Waals surface area contributed by atoms with Crippen molar-refractivity contribution < 1.29 is 13.5 Å². The Labute approximate surface area is 131 Å². The first-order chi connectivity index (χ1) is 11.2. The molecule has 1 N–H and O–H groups in total. The van der Waals surface area contributed by atoms with Gasteiger partial charge in [0.05, 0.1) is 11.4 Å². The van der Waals surface area contributed by atoms with Crippen molar-refractivity contribution in [2.24, 2.45) is 0 Å². The van der Waals surface area contributed by atoms with Crippen LogP contribution < -0.4 is 10.1 Å². The number of ether oxygens (including phenoxy) is 1. The molecule has 0 amide bonds. The fourth-order valence-electron chi connectivity index (χ4n) is 2.17. The summed E-state index contributed by atoms with van der Waals surface area (Å²) in [5.41, 5.74) is 3.31. The molecule has 0 bridgehead atoms. The molecule has 3 rings (SSSR count). The first-order valence-corrected chi connectivity index (χ1v) is 7.13. The molecule has 0 aliphatic carbocycles. The molecule has 0 saturated carbocycles. The zero-order valence-corrected chi connectivity index (χ0v) is 12.4. The topological polar surface area (TPSA) is 64.3 Å². The number of alkyl halides is 2. The van der Waals surface area contributed by atoms with E-state index in [2.05, 4.69) is 25.3 Å². The lowest BCUT2D eigenvalue weighted by atomic mass is 10.2. The molecular formula is C15H15F2N5O. The average molecular weight is 319 g/mol. The lowest BCUT2D eigenvalue weighted by Crippen LogP contribution is -2.05. The summed E-state index contributed by atoms with van der Waals surface area (Å²) in [6.07, 6.45) is 2.35. The first kappa shape index (κ1) is 15.1. The number of aryl methyl sites for hydroxylation is 1. The van der Waals surface area contributed by atoms with Crippen LogP contribution in [0.15, 0.2) is 36.7 Å². The van der Waals surface area contributed by atoms with Gasteiger partial charge in [-0.1, -0.05) is 19.1 Å². The Morgan fingerprint density at radius 1 is 1.26 bits per heavy atom. The van der Waals surface area contributed by atoms with Crippen molar-refractivity contribution in [3.63, 3.8) is 0 Å². The molecule has 0 spiro atoms. The fraction of sp³-hybridized carbons (Fsp3) is 0.267. The highest BCUT2D eigenvalue weighted by molar-refractivity contribution is 5.66. The Morgan fingerprint density at radius 3 is 2.74 bits per heavy atom. The monoisotopic (exact) mass is 319 g/mol. The fourth-order valence-corrected chi connectivity index (χ4v) is 2.17. The van der Waals surface area contributed by atoms with E-state index in [-0.39, 0.29) is 5.75 Å². The van der Waals surface area contributed by atoms with E-state index in [0.29, 0.717) is 12.2 Å². The van der Waals surface area contributed by atoms with E-state index >= 15 is 0 Å². The van der Waals surface area contributed by atoms with Crippen LogP contribution in [0.5, 0.6) is 5.75 Å². The standard InChI is InChI=1S/C15H15F2N5O/c1-2-11-7-13(14-20-19-9-22(14)21-11)18-8-10-3-5-12(6-4-10)23-15(16)17/h3-7,9,15,18H,2,8H2,1H3. The van der Waals surface area contributed by atoms with Gasteiger partial charge in [0, 0.05) is 6.54 Å². The van der Waals surface area contributed by atoms with Crippen molar-refractivity contribution in [3.05, 3.63) is 47.9 Å². The second-order valence-electron chi connectivity index (χ2n) is 4.88. The van der Waals surface area contributed by atoms with E-state index < -0.39 is 6.61 Å². The van der Waals surface area contributed by atoms with Gasteiger partial charge in [-0.05, 0) is 30.2 Å². The number of anilines is 1. The SMILES string of the molecule is CCc1cc(NCc2ccc(OC(F)F)cc2)c2nncn2n1. The zero-order chi connectivity index (χ0) is 16.2. The molecule has 23 heavy (non-hydrogen) atoms. The minimum absolute atomic E-state index is 0.140. The van der Waals surface area contributed by atoms with Crippen LogP contribution in [0.4, 0.5) is 14.5 Å². The summed E-state index contributed by atoms with van der Waals surface area (Å²) >= 11 is 0. The molecule has 0 atom stereocenters. The van der Waals surface area contributed by atoms with Gasteiger partial charge in [-0.15, -0.1) is 10.2 Å². The molecule has 0 unspecified atom stereocenters. The van der Waals surface area contributed by atoms with Crippen molar-refractivity contribution in [1.29, 1.82) is 0 Å². The second kappa shape index (κ2) is 6.55. The summed E-state index contributed by atoms with van der Waals surface area (Å²) in [5, 5.41) is 15.5. The van der Waals surface area contributed by atoms with Crippen molar-refractivity contribution in [2.45, 2.75) is 26.5 Å². The van der Waals surface area contributed by atoms with Gasteiger partial charge < -0.3 is 10.1 Å². The Hall–Kier alpha value is -2.77. The molecule has 0 aliphatic rings. The molecule has 120 valence electrons. The van der Waals surface area contributed by atoms with Crippen LogP contribution in [0.2, 0.25) is 0 Å². The Kier molecular flexibility index (Phi) is 4.31. The highest BCUT2D eigenvalue weighted by Crippen LogP contribution is 2.18. The summed E-state index contributed by atoms with van der Waals surface area (Å²) in [4.78, 5) is 0. The van der Waals surface area contributed by atoms with E-state index in [9.17, 15) is 8.78 Å². The zero-order valence-electron chi connectivity index (χ0n) is 12.4. The highest BCUT2D eigenvalue weighted by Gasteiger charge is 2.08. The van der Waals surface area contributed by atoms with Gasteiger partial charge in [0.25, 0.3) is 0 Å². The third-order valence-electron chi connectivity index (χ3n) is 3.31. The van der Waals surface area contributed by atoms with E-state index in [0.717, 1.165) is 23.4 Å². The predicted octanol–water partition coefficient (Wildman–Crippen LogP) is 2.90. The van der Waals surface area contributed by atoms with E-state index in [1.165, 1.54) is 12.1 Å². The van der Waals surface area contributed by atoms with Crippen LogP contribution in [0.3, 0.4) is 0 Å². The lowest BCUT2D eigenvalue weighted by molar-refractivity contribution is -0.0498. The van der Waals surface area contributed by atoms with Gasteiger partial charge >= 0.3 is 6.61 Å². The number of hydrogen-bond acceptors (Lipinski definition) is 5. The molecule has 3 aromatic rings. The molecule has 6 nitrogen and oxygen atoms in total. The number of fused-ring (bicyclic) bond motifs is 1. The van der Waals surface area contributed by atoms with Gasteiger partial charge in [-0.3, -0.25) is 0 Å². The molecule has 2 aromatic heterocycles. The molecule has 0 radical (unpaired) electrons. The Morgan fingerprint density at radius 2 is 2.04 bits per heavy atom. The maximum Gasteiger partial charge on any atom is 0.387 e. The molecule has 8 heteroatoms. The van der Waals surface area contributed by atoms with Crippen molar-refractivity contribution in [1.82, 2.24) is 19.8 Å². The molecule has 2 heterocycles. The number of halogens is 2. The van der Waals surface area contributed by atoms with Gasteiger partial charge in [-0.25, -0.2) is 0 Å². The smallest absolute Gasteiger partial charge is 0.387 e. The second-order valence-corrected chi connectivity index (χ2v) is 4.88. The van der Waals surface area contributed by atoms with Crippen LogP contribution in [-0.4, -0.2) is 26.4 Å². The summed E-state index contributed by atoms with van der Waals surface area (Å²) < 4.78 is 30.2. The molecule has 0 fully saturated rings. The first-order valence-electron chi connectivity index (χ1n) is 7.13. The molecule has 1 aromatic carbocycles. The minimum Gasteiger partial charge on any atom is -0.435 e. The maximum absolute atomic E-state index is 12.1. The van der Waals surface area contributed by atoms with Gasteiger partial charge in [0.2, 0.25) is 5.65 Å². The number of hydrogen-bond donors (Lipinski definition) is 1. The third kappa shape index (κ3) is 3.53. The number of nitrogens with zero attached hydrogens (tertiary/aromatic N) is 4. The normalized spacial score (nSPS) is 11.1. The summed E-state index contributed by atoms with van der Waals surface area (Å²) in [7, 11) is 0. The van der Waals surface area contributed by atoms with Gasteiger partial charge in [0.1, 0.15) is 12.1 Å². The van der Waals surface area contributed by atoms with E-state index in [4.69, 9.17) is 0 Å². The van der Waals surface area contributed by atoms with E-state index in [1.807, 2.05) is 13.0 Å². The Bertz CT molecular complexity index is 788. The largest absolute Gasteiger partial charge is 0.435 e. The van der Waals surface area contributed by atoms with Crippen LogP contribution in [-0.2, 0) is 13.0 Å². The number of nitrogens with one attached hydrogen (secondary N) is 1. The van der Waals surface area contributed by atoms with Crippen LogP contribution in [0, 0.1) is 0 Å². The molecule has 0 aliphatic heterocycles. The van der Waals surface area contributed by atoms with Crippen molar-refractivity contribution in [3.8, 4) is 5.75 Å². The van der Waals surface area contributed by atoms with Crippen LogP contribution >= 0.6 is 0 Å². The Balaban J connectivity index is 1.74. The molecular weight excluding hydrogens is 304 g/mol. The minimum atomic E-state index is -2.82. The average Bonchev–Trinajstić information content (AvgIpc) is 3.01. The van der Waals surface area contributed by atoms with Crippen molar-refractivity contribution in [2.75, 3.05) is 5.32 Å². The number of benzene rings is 1. The number of aromatic nitrogens is 4.